The van der Waals surface area contributed by atoms with Gasteiger partial charge in [0.1, 0.15) is 23.9 Å². The summed E-state index contributed by atoms with van der Waals surface area (Å²) in [7, 11) is 0. The average Bonchev–Trinajstić information content (AvgIpc) is 3.13. The Morgan fingerprint density at radius 1 is 1.32 bits per heavy atom. The van der Waals surface area contributed by atoms with E-state index >= 15 is 0 Å². The lowest BCUT2D eigenvalue weighted by atomic mass is 9.99. The number of carbonyl (C=O) groups is 1. The van der Waals surface area contributed by atoms with E-state index in [1.54, 1.807) is 6.20 Å². The molecular formula is C23H27N3O2. The van der Waals surface area contributed by atoms with Gasteiger partial charge in [-0.2, -0.15) is 5.26 Å². The lowest BCUT2D eigenvalue weighted by Crippen LogP contribution is -2.27. The Bertz CT molecular complexity index is 827. The van der Waals surface area contributed by atoms with Crippen molar-refractivity contribution >= 4 is 12.1 Å². The summed E-state index contributed by atoms with van der Waals surface area (Å²) < 4.78 is 5.97. The molecule has 5 nitrogen and oxygen atoms in total. The van der Waals surface area contributed by atoms with Crippen LogP contribution in [0.4, 0.5) is 5.82 Å². The molecule has 0 fully saturated rings. The number of rotatable bonds is 10. The maximum absolute atomic E-state index is 10.8. The van der Waals surface area contributed by atoms with Gasteiger partial charge in [-0.25, -0.2) is 4.98 Å². The van der Waals surface area contributed by atoms with Crippen molar-refractivity contribution in [3.63, 3.8) is 0 Å². The van der Waals surface area contributed by atoms with E-state index in [1.807, 2.05) is 18.2 Å². The molecule has 0 N–H and O–H groups in total. The molecular weight excluding hydrogens is 350 g/mol. The molecule has 146 valence electrons. The van der Waals surface area contributed by atoms with Crippen molar-refractivity contribution in [2.24, 2.45) is 0 Å². The van der Waals surface area contributed by atoms with Gasteiger partial charge in [0.05, 0.1) is 12.2 Å². The summed E-state index contributed by atoms with van der Waals surface area (Å²) in [6.07, 6.45) is 7.28. The first-order valence-corrected chi connectivity index (χ1v) is 10.1. The van der Waals surface area contributed by atoms with Gasteiger partial charge in [-0.15, -0.1) is 0 Å². The molecule has 0 radical (unpaired) electrons. The van der Waals surface area contributed by atoms with Gasteiger partial charge in [-0.3, -0.25) is 0 Å². The standard InChI is InChI=1S/C23H27N3O2/c1-2-11-26(23-9-4-18(16-24)17-25-23)12-3-14-28-21-7-8-22-19(10-13-27)5-6-20(22)15-21/h4,7-9,13,15,17,19H,2-3,5-6,10-12,14H2,1H3/t19-/m0/s1. The minimum Gasteiger partial charge on any atom is -0.494 e. The van der Waals surface area contributed by atoms with Crippen LogP contribution in [-0.2, 0) is 11.2 Å². The molecule has 0 spiro atoms. The fraction of sp³-hybridized carbons (Fsp3) is 0.435. The van der Waals surface area contributed by atoms with Crippen LogP contribution in [0.5, 0.6) is 5.75 Å². The Labute approximate surface area is 167 Å². The Kier molecular flexibility index (Phi) is 7.02. The third kappa shape index (κ3) is 4.89. The number of benzene rings is 1. The zero-order valence-corrected chi connectivity index (χ0v) is 16.4. The summed E-state index contributed by atoms with van der Waals surface area (Å²) >= 11 is 0. The monoisotopic (exact) mass is 377 g/mol. The number of ether oxygens (including phenoxy) is 1. The van der Waals surface area contributed by atoms with Crippen molar-refractivity contribution in [3.8, 4) is 11.8 Å². The summed E-state index contributed by atoms with van der Waals surface area (Å²) in [5.74, 6) is 2.19. The Morgan fingerprint density at radius 3 is 2.93 bits per heavy atom. The lowest BCUT2D eigenvalue weighted by Gasteiger charge is -2.23. The van der Waals surface area contributed by atoms with Crippen molar-refractivity contribution < 1.29 is 9.53 Å². The highest BCUT2D eigenvalue weighted by atomic mass is 16.5. The van der Waals surface area contributed by atoms with Gasteiger partial charge in [0.15, 0.2) is 0 Å². The van der Waals surface area contributed by atoms with E-state index in [-0.39, 0.29) is 0 Å². The Hall–Kier alpha value is -2.87. The van der Waals surface area contributed by atoms with Crippen LogP contribution >= 0.6 is 0 Å². The number of aromatic nitrogens is 1. The molecule has 1 aromatic heterocycles. The highest BCUT2D eigenvalue weighted by molar-refractivity contribution is 5.53. The van der Waals surface area contributed by atoms with E-state index in [1.165, 1.54) is 11.1 Å². The topological polar surface area (TPSA) is 66.2 Å². The van der Waals surface area contributed by atoms with Gasteiger partial charge < -0.3 is 14.4 Å². The number of aldehydes is 1. The maximum atomic E-state index is 10.8. The lowest BCUT2D eigenvalue weighted by molar-refractivity contribution is -0.108. The molecule has 28 heavy (non-hydrogen) atoms. The summed E-state index contributed by atoms with van der Waals surface area (Å²) in [5, 5.41) is 8.92. The van der Waals surface area contributed by atoms with Gasteiger partial charge in [0, 0.05) is 25.7 Å². The molecule has 0 amide bonds. The minimum atomic E-state index is 0.379. The van der Waals surface area contributed by atoms with Crippen LogP contribution in [0.3, 0.4) is 0 Å². The number of nitriles is 1. The number of nitrogens with zero attached hydrogens (tertiary/aromatic N) is 3. The SMILES string of the molecule is CCCN(CCCOc1ccc2c(c1)CC[C@H]2CC=O)c1ccc(C#N)cn1. The predicted molar refractivity (Wildman–Crippen MR) is 110 cm³/mol. The number of hydrogen-bond acceptors (Lipinski definition) is 5. The quantitative estimate of drug-likeness (QED) is 0.457. The van der Waals surface area contributed by atoms with E-state index in [4.69, 9.17) is 10.00 Å². The first-order valence-electron chi connectivity index (χ1n) is 10.1. The molecule has 0 unspecified atom stereocenters. The molecule has 2 aromatic rings. The van der Waals surface area contributed by atoms with Crippen molar-refractivity contribution in [1.82, 2.24) is 4.98 Å². The molecule has 0 aliphatic heterocycles. The minimum absolute atomic E-state index is 0.379. The third-order valence-electron chi connectivity index (χ3n) is 5.23. The van der Waals surface area contributed by atoms with Gasteiger partial charge >= 0.3 is 0 Å². The number of pyridine rings is 1. The normalized spacial score (nSPS) is 14.9. The van der Waals surface area contributed by atoms with Crippen LogP contribution in [0, 0.1) is 11.3 Å². The summed E-state index contributed by atoms with van der Waals surface area (Å²) in [6, 6.07) is 12.1. The van der Waals surface area contributed by atoms with E-state index < -0.39 is 0 Å². The van der Waals surface area contributed by atoms with E-state index in [2.05, 4.69) is 35.0 Å². The van der Waals surface area contributed by atoms with E-state index in [0.29, 0.717) is 24.5 Å². The predicted octanol–water partition coefficient (Wildman–Crippen LogP) is 4.26. The molecule has 0 saturated heterocycles. The number of anilines is 1. The van der Waals surface area contributed by atoms with E-state index in [9.17, 15) is 4.79 Å². The van der Waals surface area contributed by atoms with Crippen LogP contribution < -0.4 is 9.64 Å². The van der Waals surface area contributed by atoms with Crippen molar-refractivity contribution in [2.75, 3.05) is 24.6 Å². The van der Waals surface area contributed by atoms with Crippen LogP contribution in [0.15, 0.2) is 36.5 Å². The molecule has 1 atom stereocenters. The highest BCUT2D eigenvalue weighted by Gasteiger charge is 2.22. The highest BCUT2D eigenvalue weighted by Crippen LogP contribution is 2.36. The Balaban J connectivity index is 1.51. The molecule has 1 aliphatic rings. The van der Waals surface area contributed by atoms with Gasteiger partial charge in [0.25, 0.3) is 0 Å². The zero-order chi connectivity index (χ0) is 19.8. The van der Waals surface area contributed by atoms with Crippen LogP contribution in [0.25, 0.3) is 0 Å². The molecule has 0 saturated carbocycles. The number of fused-ring (bicyclic) bond motifs is 1. The first kappa shape index (κ1) is 19.9. The van der Waals surface area contributed by atoms with Crippen molar-refractivity contribution in [2.45, 2.75) is 44.9 Å². The van der Waals surface area contributed by atoms with Crippen LogP contribution in [0.1, 0.15) is 55.2 Å². The zero-order valence-electron chi connectivity index (χ0n) is 16.4. The molecule has 1 aliphatic carbocycles. The van der Waals surface area contributed by atoms with Gasteiger partial charge in [-0.1, -0.05) is 13.0 Å². The molecule has 0 bridgehead atoms. The fourth-order valence-corrected chi connectivity index (χ4v) is 3.83. The molecule has 3 rings (SSSR count). The largest absolute Gasteiger partial charge is 0.494 e. The van der Waals surface area contributed by atoms with Crippen molar-refractivity contribution in [1.29, 1.82) is 5.26 Å². The summed E-state index contributed by atoms with van der Waals surface area (Å²) in [5.41, 5.74) is 3.20. The van der Waals surface area contributed by atoms with Crippen LogP contribution in [0.2, 0.25) is 0 Å². The second-order valence-electron chi connectivity index (χ2n) is 7.20. The first-order chi connectivity index (χ1) is 13.7. The number of carbonyl (C=O) groups excluding carboxylic acids is 1. The number of hydrogen-bond donors (Lipinski definition) is 0. The second-order valence-corrected chi connectivity index (χ2v) is 7.20. The van der Waals surface area contributed by atoms with Gasteiger partial charge in [0.2, 0.25) is 0 Å². The van der Waals surface area contributed by atoms with Crippen molar-refractivity contribution in [3.05, 3.63) is 53.2 Å². The maximum Gasteiger partial charge on any atom is 0.128 e. The summed E-state index contributed by atoms with van der Waals surface area (Å²) in [6.45, 7) is 4.58. The third-order valence-corrected chi connectivity index (χ3v) is 5.23. The smallest absolute Gasteiger partial charge is 0.128 e. The fourth-order valence-electron chi connectivity index (χ4n) is 3.83. The Morgan fingerprint density at radius 2 is 2.21 bits per heavy atom. The molecule has 1 aromatic carbocycles. The average molecular weight is 377 g/mol. The number of aryl methyl sites for hydroxylation is 1. The van der Waals surface area contributed by atoms with E-state index in [0.717, 1.165) is 56.6 Å². The van der Waals surface area contributed by atoms with Gasteiger partial charge in [-0.05, 0) is 67.0 Å². The van der Waals surface area contributed by atoms with Crippen LogP contribution in [-0.4, -0.2) is 31.0 Å². The molecule has 1 heterocycles. The molecule has 5 heteroatoms. The summed E-state index contributed by atoms with van der Waals surface area (Å²) in [4.78, 5) is 17.4. The second kappa shape index (κ2) is 9.89.